The minimum atomic E-state index is -3.21. The highest BCUT2D eigenvalue weighted by Crippen LogP contribution is 2.59. The largest absolute Gasteiger partial charge is 0.480 e. The molecule has 160 valence electrons. The average molecular weight is 426 g/mol. The lowest BCUT2D eigenvalue weighted by molar-refractivity contribution is -0.149. The van der Waals surface area contributed by atoms with Gasteiger partial charge in [-0.3, -0.25) is 9.59 Å². The van der Waals surface area contributed by atoms with E-state index >= 15 is 0 Å². The van der Waals surface area contributed by atoms with Crippen molar-refractivity contribution in [2.24, 2.45) is 5.41 Å². The predicted molar refractivity (Wildman–Crippen MR) is 107 cm³/mol. The first-order chi connectivity index (χ1) is 14.6. The van der Waals surface area contributed by atoms with E-state index in [0.29, 0.717) is 17.5 Å². The van der Waals surface area contributed by atoms with E-state index in [9.17, 15) is 28.3 Å². The molecule has 0 radical (unpaired) electrons. The maximum Gasteiger partial charge on any atom is 0.326 e. The van der Waals surface area contributed by atoms with E-state index in [1.54, 1.807) is 18.2 Å². The summed E-state index contributed by atoms with van der Waals surface area (Å²) in [5.74, 6) is -5.41. The van der Waals surface area contributed by atoms with Gasteiger partial charge >= 0.3 is 5.97 Å². The van der Waals surface area contributed by atoms with Crippen LogP contribution in [0.4, 0.5) is 8.78 Å². The summed E-state index contributed by atoms with van der Waals surface area (Å²) in [5.41, 5.74) is 0.314. The van der Waals surface area contributed by atoms with Gasteiger partial charge in [-0.15, -0.1) is 0 Å². The zero-order valence-electron chi connectivity index (χ0n) is 16.7. The number of aliphatic carboxylic acids is 1. The molecular formula is C23H20F2N2O4. The third-order valence-corrected chi connectivity index (χ3v) is 6.78. The molecule has 0 spiro atoms. The van der Waals surface area contributed by atoms with E-state index in [2.05, 4.69) is 5.32 Å². The lowest BCUT2D eigenvalue weighted by Gasteiger charge is -2.24. The third kappa shape index (κ3) is 2.85. The molecule has 0 bridgehead atoms. The van der Waals surface area contributed by atoms with Crippen molar-refractivity contribution in [2.45, 2.75) is 37.8 Å². The average Bonchev–Trinajstić information content (AvgIpc) is 3.22. The van der Waals surface area contributed by atoms with Crippen LogP contribution < -0.4 is 5.32 Å². The Balaban J connectivity index is 1.32. The van der Waals surface area contributed by atoms with Crippen LogP contribution in [0, 0.1) is 5.41 Å². The molecule has 6 nitrogen and oxygen atoms in total. The van der Waals surface area contributed by atoms with Crippen LogP contribution in [0.15, 0.2) is 42.5 Å². The highest BCUT2D eigenvalue weighted by molar-refractivity contribution is 5.98. The minimum absolute atomic E-state index is 0.0199. The van der Waals surface area contributed by atoms with Crippen LogP contribution >= 0.6 is 0 Å². The van der Waals surface area contributed by atoms with Gasteiger partial charge in [0.25, 0.3) is 11.8 Å². The summed E-state index contributed by atoms with van der Waals surface area (Å²) in [7, 11) is 0. The molecule has 2 amide bonds. The number of fused-ring (bicyclic) bond motifs is 4. The molecular weight excluding hydrogens is 406 g/mol. The Morgan fingerprint density at radius 2 is 1.81 bits per heavy atom. The van der Waals surface area contributed by atoms with Gasteiger partial charge in [-0.05, 0) is 41.5 Å². The van der Waals surface area contributed by atoms with Crippen LogP contribution in [-0.4, -0.2) is 46.4 Å². The second-order valence-electron chi connectivity index (χ2n) is 8.80. The van der Waals surface area contributed by atoms with Gasteiger partial charge in [-0.1, -0.05) is 37.3 Å². The van der Waals surface area contributed by atoms with Crippen molar-refractivity contribution >= 4 is 17.8 Å². The fourth-order valence-corrected chi connectivity index (χ4v) is 5.01. The predicted octanol–water partition coefficient (Wildman–Crippen LogP) is 3.00. The Bertz CT molecular complexity index is 1150. The SMILES string of the molecule is C[C@@]12C[C@@H]1N(C(=O)CNC(=O)c1ccc3c(c1)C(F)(F)c1ccccc1-3)[C@H](C(=O)O)C2. The number of alkyl halides is 2. The number of nitrogens with one attached hydrogen (secondary N) is 1. The Kier molecular flexibility index (Phi) is 4.03. The van der Waals surface area contributed by atoms with Crippen molar-refractivity contribution in [3.63, 3.8) is 0 Å². The monoisotopic (exact) mass is 426 g/mol. The van der Waals surface area contributed by atoms with Gasteiger partial charge in [0.1, 0.15) is 6.04 Å². The molecule has 1 saturated heterocycles. The Labute approximate surface area is 176 Å². The number of piperidine rings is 1. The normalized spacial score (nSPS) is 26.6. The van der Waals surface area contributed by atoms with Crippen molar-refractivity contribution in [2.75, 3.05) is 6.54 Å². The van der Waals surface area contributed by atoms with Crippen LogP contribution in [-0.2, 0) is 15.5 Å². The zero-order chi connectivity index (χ0) is 22.1. The maximum atomic E-state index is 14.8. The first kappa shape index (κ1) is 19.7. The summed E-state index contributed by atoms with van der Waals surface area (Å²) in [6.07, 6.45) is 1.14. The summed E-state index contributed by atoms with van der Waals surface area (Å²) in [6, 6.07) is 9.29. The van der Waals surface area contributed by atoms with E-state index in [1.165, 1.54) is 23.1 Å². The summed E-state index contributed by atoms with van der Waals surface area (Å²) in [4.78, 5) is 38.1. The molecule has 3 atom stereocenters. The van der Waals surface area contributed by atoms with E-state index in [0.717, 1.165) is 12.5 Å². The highest BCUT2D eigenvalue weighted by Gasteiger charge is 2.64. The fourth-order valence-electron chi connectivity index (χ4n) is 5.01. The summed E-state index contributed by atoms with van der Waals surface area (Å²) < 4.78 is 29.7. The first-order valence-corrected chi connectivity index (χ1v) is 10.1. The van der Waals surface area contributed by atoms with E-state index in [1.807, 2.05) is 6.92 Å². The maximum absolute atomic E-state index is 14.8. The number of carboxylic acids is 1. The Morgan fingerprint density at radius 3 is 2.55 bits per heavy atom. The van der Waals surface area contributed by atoms with Gasteiger partial charge in [0.05, 0.1) is 6.54 Å². The van der Waals surface area contributed by atoms with Gasteiger partial charge in [0.15, 0.2) is 0 Å². The first-order valence-electron chi connectivity index (χ1n) is 10.1. The molecule has 2 aliphatic carbocycles. The molecule has 0 unspecified atom stereocenters. The molecule has 3 aliphatic rings. The summed E-state index contributed by atoms with van der Waals surface area (Å²) in [6.45, 7) is 1.56. The van der Waals surface area contributed by atoms with Crippen LogP contribution in [0.5, 0.6) is 0 Å². The van der Waals surface area contributed by atoms with Crippen molar-refractivity contribution < 1.29 is 28.3 Å². The highest BCUT2D eigenvalue weighted by atomic mass is 19.3. The molecule has 0 aromatic heterocycles. The number of rotatable bonds is 4. The Morgan fingerprint density at radius 1 is 1.10 bits per heavy atom. The number of hydrogen-bond donors (Lipinski definition) is 2. The molecule has 1 aliphatic heterocycles. The number of amides is 2. The van der Waals surface area contributed by atoms with Gasteiger partial charge < -0.3 is 15.3 Å². The van der Waals surface area contributed by atoms with Crippen LogP contribution in [0.1, 0.15) is 41.3 Å². The van der Waals surface area contributed by atoms with Crippen molar-refractivity contribution in [3.05, 3.63) is 59.2 Å². The minimum Gasteiger partial charge on any atom is -0.480 e. The molecule has 2 aromatic rings. The van der Waals surface area contributed by atoms with Gasteiger partial charge in [-0.25, -0.2) is 4.79 Å². The number of likely N-dealkylation sites (tertiary alicyclic amines) is 1. The molecule has 8 heteroatoms. The lowest BCUT2D eigenvalue weighted by atomic mass is 10.0. The fraction of sp³-hybridized carbons (Fsp3) is 0.348. The third-order valence-electron chi connectivity index (χ3n) is 6.78. The van der Waals surface area contributed by atoms with Crippen molar-refractivity contribution in [3.8, 4) is 11.1 Å². The Hall–Kier alpha value is -3.29. The number of benzene rings is 2. The molecule has 31 heavy (non-hydrogen) atoms. The number of hydrogen-bond acceptors (Lipinski definition) is 3. The second-order valence-corrected chi connectivity index (χ2v) is 8.80. The smallest absolute Gasteiger partial charge is 0.326 e. The van der Waals surface area contributed by atoms with E-state index in [-0.39, 0.29) is 34.7 Å². The quantitative estimate of drug-likeness (QED) is 0.787. The van der Waals surface area contributed by atoms with E-state index in [4.69, 9.17) is 0 Å². The molecule has 2 N–H and O–H groups in total. The number of carbonyl (C=O) groups is 3. The van der Waals surface area contributed by atoms with Crippen LogP contribution in [0.25, 0.3) is 11.1 Å². The van der Waals surface area contributed by atoms with E-state index < -0.39 is 29.7 Å². The molecule has 5 rings (SSSR count). The summed E-state index contributed by atoms with van der Waals surface area (Å²) in [5, 5.41) is 11.9. The van der Waals surface area contributed by atoms with Crippen LogP contribution in [0.2, 0.25) is 0 Å². The second kappa shape index (κ2) is 6.35. The molecule has 1 saturated carbocycles. The number of nitrogens with zero attached hydrogens (tertiary/aromatic N) is 1. The standard InChI is InChI=1S/C23H20F2N2O4/c1-22-9-17(21(30)31)27(18(22)10-22)19(28)11-26-20(29)12-6-7-14-13-4-2-3-5-15(13)23(24,25)16(14)8-12/h2-8,17-18H,9-11H2,1H3,(H,26,29)(H,30,31)/t17-,18-,22+/m0/s1. The number of carboxylic acid groups (broad SMARTS) is 1. The molecule has 2 aromatic carbocycles. The van der Waals surface area contributed by atoms with Crippen molar-refractivity contribution in [1.82, 2.24) is 10.2 Å². The zero-order valence-corrected chi connectivity index (χ0v) is 16.7. The van der Waals surface area contributed by atoms with Gasteiger partial charge in [-0.2, -0.15) is 8.78 Å². The van der Waals surface area contributed by atoms with Gasteiger partial charge in [0.2, 0.25) is 5.91 Å². The number of carbonyl (C=O) groups excluding carboxylic acids is 2. The molecule has 2 fully saturated rings. The molecule has 1 heterocycles. The number of halogens is 2. The lowest BCUT2D eigenvalue weighted by Crippen LogP contribution is -2.47. The summed E-state index contributed by atoms with van der Waals surface area (Å²) >= 11 is 0. The van der Waals surface area contributed by atoms with Gasteiger partial charge in [0, 0.05) is 22.7 Å². The van der Waals surface area contributed by atoms with Crippen LogP contribution in [0.3, 0.4) is 0 Å². The van der Waals surface area contributed by atoms with Crippen molar-refractivity contribution in [1.29, 1.82) is 0 Å². The topological polar surface area (TPSA) is 86.7 Å².